The number of aromatic nitrogens is 2. The lowest BCUT2D eigenvalue weighted by Gasteiger charge is -2.20. The van der Waals surface area contributed by atoms with E-state index in [1.807, 2.05) is 78.9 Å². The van der Waals surface area contributed by atoms with Gasteiger partial charge in [0.15, 0.2) is 5.69 Å². The smallest absolute Gasteiger partial charge is 0.359 e. The van der Waals surface area contributed by atoms with Gasteiger partial charge in [0.1, 0.15) is 0 Å². The van der Waals surface area contributed by atoms with Crippen molar-refractivity contribution < 1.29 is 14.3 Å². The topological polar surface area (TPSA) is 73.2 Å². The maximum absolute atomic E-state index is 13.4. The number of ether oxygens (including phenoxy) is 1. The summed E-state index contributed by atoms with van der Waals surface area (Å²) in [4.78, 5) is 26.1. The summed E-state index contributed by atoms with van der Waals surface area (Å²) in [5.41, 5.74) is 7.81. The standard InChI is InChI=1S/C34H29N3O3/c1-2-40-34(39)31-29-22-26-15-9-10-16-28(26)32(29)37(36-31)27-19-17-25(18-20-27)33(38)35-30(24-13-7-4-8-14-24)21-23-11-5-3-6-12-23/h3-20,30H,2,21-22H2,1H3,(H,35,38). The van der Waals surface area contributed by atoms with Crippen molar-refractivity contribution >= 4 is 11.9 Å². The van der Waals surface area contributed by atoms with Crippen LogP contribution in [0.3, 0.4) is 0 Å². The third-order valence-electron chi connectivity index (χ3n) is 7.26. The maximum Gasteiger partial charge on any atom is 0.359 e. The largest absolute Gasteiger partial charge is 0.461 e. The molecule has 5 aromatic rings. The van der Waals surface area contributed by atoms with Gasteiger partial charge in [-0.1, -0.05) is 84.9 Å². The van der Waals surface area contributed by atoms with Gasteiger partial charge >= 0.3 is 5.97 Å². The Morgan fingerprint density at radius 3 is 2.27 bits per heavy atom. The molecule has 1 N–H and O–H groups in total. The lowest BCUT2D eigenvalue weighted by Crippen LogP contribution is -2.30. The van der Waals surface area contributed by atoms with E-state index < -0.39 is 5.97 Å². The molecule has 0 spiro atoms. The predicted molar refractivity (Wildman–Crippen MR) is 155 cm³/mol. The van der Waals surface area contributed by atoms with Crippen LogP contribution >= 0.6 is 0 Å². The summed E-state index contributed by atoms with van der Waals surface area (Å²) >= 11 is 0. The second-order valence-corrected chi connectivity index (χ2v) is 9.82. The first kappa shape index (κ1) is 25.3. The molecule has 1 atom stereocenters. The highest BCUT2D eigenvalue weighted by Gasteiger charge is 2.31. The number of amides is 1. The van der Waals surface area contributed by atoms with Gasteiger partial charge < -0.3 is 10.1 Å². The molecule has 198 valence electrons. The maximum atomic E-state index is 13.4. The molecule has 0 fully saturated rings. The number of hydrogen-bond acceptors (Lipinski definition) is 4. The van der Waals surface area contributed by atoms with Crippen LogP contribution in [-0.2, 0) is 17.6 Å². The summed E-state index contributed by atoms with van der Waals surface area (Å²) in [7, 11) is 0. The molecule has 0 saturated heterocycles. The highest BCUT2D eigenvalue weighted by molar-refractivity contribution is 5.95. The van der Waals surface area contributed by atoms with Crippen LogP contribution in [0.2, 0.25) is 0 Å². The monoisotopic (exact) mass is 527 g/mol. The van der Waals surface area contributed by atoms with E-state index in [0.717, 1.165) is 39.2 Å². The van der Waals surface area contributed by atoms with Gasteiger partial charge in [0.2, 0.25) is 0 Å². The van der Waals surface area contributed by atoms with Crippen LogP contribution in [0.5, 0.6) is 0 Å². The molecule has 1 amide bonds. The molecular weight excluding hydrogens is 498 g/mol. The number of esters is 1. The fourth-order valence-electron chi connectivity index (χ4n) is 5.32. The van der Waals surface area contributed by atoms with Gasteiger partial charge in [-0.05, 0) is 54.3 Å². The number of nitrogens with one attached hydrogen (secondary N) is 1. The zero-order valence-corrected chi connectivity index (χ0v) is 22.2. The Kier molecular flexibility index (Phi) is 6.98. The summed E-state index contributed by atoms with van der Waals surface area (Å²) < 4.78 is 7.09. The number of hydrogen-bond donors (Lipinski definition) is 1. The van der Waals surface area contributed by atoms with Crippen molar-refractivity contribution in [3.05, 3.63) is 143 Å². The molecule has 6 rings (SSSR count). The van der Waals surface area contributed by atoms with E-state index in [9.17, 15) is 9.59 Å². The van der Waals surface area contributed by atoms with Crippen LogP contribution in [-0.4, -0.2) is 28.3 Å². The van der Waals surface area contributed by atoms with E-state index in [2.05, 4.69) is 28.6 Å². The Hall–Kier alpha value is -4.97. The van der Waals surface area contributed by atoms with Gasteiger partial charge in [-0.25, -0.2) is 9.48 Å². The summed E-state index contributed by atoms with van der Waals surface area (Å²) in [6.07, 6.45) is 1.31. The third kappa shape index (κ3) is 4.92. The van der Waals surface area contributed by atoms with Crippen LogP contribution in [0, 0.1) is 0 Å². The molecule has 40 heavy (non-hydrogen) atoms. The average molecular weight is 528 g/mol. The number of carbonyl (C=O) groups is 2. The molecule has 4 aromatic carbocycles. The summed E-state index contributed by atoms with van der Waals surface area (Å²) in [5.74, 6) is -0.578. The first-order chi connectivity index (χ1) is 19.6. The molecule has 1 unspecified atom stereocenters. The minimum Gasteiger partial charge on any atom is -0.461 e. The molecule has 1 aliphatic carbocycles. The molecule has 1 aliphatic rings. The van der Waals surface area contributed by atoms with Crippen LogP contribution in [0.4, 0.5) is 0 Å². The van der Waals surface area contributed by atoms with Crippen molar-refractivity contribution in [2.45, 2.75) is 25.8 Å². The predicted octanol–water partition coefficient (Wildman–Crippen LogP) is 6.33. The van der Waals surface area contributed by atoms with Crippen LogP contribution < -0.4 is 5.32 Å². The normalized spacial score (nSPS) is 12.3. The van der Waals surface area contributed by atoms with Gasteiger partial charge in [0.25, 0.3) is 5.91 Å². The van der Waals surface area contributed by atoms with Crippen molar-refractivity contribution in [2.24, 2.45) is 0 Å². The second kappa shape index (κ2) is 11.0. The zero-order valence-electron chi connectivity index (χ0n) is 22.2. The summed E-state index contributed by atoms with van der Waals surface area (Å²) in [6, 6.07) is 35.4. The van der Waals surface area contributed by atoms with Gasteiger partial charge in [-0.3, -0.25) is 4.79 Å². The van der Waals surface area contributed by atoms with Gasteiger partial charge in [-0.2, -0.15) is 5.10 Å². The Labute approximate surface area is 233 Å². The van der Waals surface area contributed by atoms with Crippen molar-refractivity contribution in [2.75, 3.05) is 6.61 Å². The highest BCUT2D eigenvalue weighted by Crippen LogP contribution is 2.40. The Balaban J connectivity index is 1.29. The van der Waals surface area contributed by atoms with E-state index in [-0.39, 0.29) is 18.6 Å². The summed E-state index contributed by atoms with van der Waals surface area (Å²) in [6.45, 7) is 2.07. The van der Waals surface area contributed by atoms with Crippen LogP contribution in [0.1, 0.15) is 56.1 Å². The van der Waals surface area contributed by atoms with Gasteiger partial charge in [0.05, 0.1) is 24.0 Å². The Morgan fingerprint density at radius 1 is 0.875 bits per heavy atom. The number of nitrogens with zero attached hydrogens (tertiary/aromatic N) is 2. The fourth-order valence-corrected chi connectivity index (χ4v) is 5.32. The highest BCUT2D eigenvalue weighted by atomic mass is 16.5. The molecule has 0 radical (unpaired) electrons. The molecule has 0 aliphatic heterocycles. The van der Waals surface area contributed by atoms with Crippen molar-refractivity contribution in [1.29, 1.82) is 0 Å². The van der Waals surface area contributed by atoms with E-state index in [1.165, 1.54) is 0 Å². The fraction of sp³-hybridized carbons (Fsp3) is 0.147. The molecule has 1 aromatic heterocycles. The van der Waals surface area contributed by atoms with Crippen molar-refractivity contribution in [3.8, 4) is 16.9 Å². The molecule has 6 heteroatoms. The molecule has 0 saturated carbocycles. The quantitative estimate of drug-likeness (QED) is 0.235. The molecular formula is C34H29N3O3. The van der Waals surface area contributed by atoms with Crippen LogP contribution in [0.15, 0.2) is 109 Å². The summed E-state index contributed by atoms with van der Waals surface area (Å²) in [5, 5.41) is 7.89. The van der Waals surface area contributed by atoms with Crippen molar-refractivity contribution in [1.82, 2.24) is 15.1 Å². The Morgan fingerprint density at radius 2 is 1.55 bits per heavy atom. The minimum absolute atomic E-state index is 0.153. The number of rotatable bonds is 8. The van der Waals surface area contributed by atoms with Crippen LogP contribution in [0.25, 0.3) is 16.9 Å². The van der Waals surface area contributed by atoms with E-state index in [1.54, 1.807) is 23.7 Å². The van der Waals surface area contributed by atoms with E-state index in [4.69, 9.17) is 4.74 Å². The Bertz CT molecular complexity index is 1660. The SMILES string of the molecule is CCOC(=O)c1nn(-c2ccc(C(=O)NC(Cc3ccccc3)c3ccccc3)cc2)c2c1Cc1ccccc1-2. The number of carbonyl (C=O) groups excluding carboxylic acids is 2. The molecule has 1 heterocycles. The third-order valence-corrected chi connectivity index (χ3v) is 7.26. The average Bonchev–Trinajstić information content (AvgIpc) is 3.56. The minimum atomic E-state index is -0.424. The lowest BCUT2D eigenvalue weighted by atomic mass is 9.98. The molecule has 0 bridgehead atoms. The van der Waals surface area contributed by atoms with Gasteiger partial charge in [-0.15, -0.1) is 0 Å². The zero-order chi connectivity index (χ0) is 27.5. The lowest BCUT2D eigenvalue weighted by molar-refractivity contribution is 0.0517. The number of benzene rings is 4. The van der Waals surface area contributed by atoms with Gasteiger partial charge in [0, 0.05) is 23.1 Å². The van der Waals surface area contributed by atoms with Crippen molar-refractivity contribution in [3.63, 3.8) is 0 Å². The second-order valence-electron chi connectivity index (χ2n) is 9.82. The first-order valence-corrected chi connectivity index (χ1v) is 13.5. The van der Waals surface area contributed by atoms with E-state index >= 15 is 0 Å². The molecule has 6 nitrogen and oxygen atoms in total. The van der Waals surface area contributed by atoms with E-state index in [0.29, 0.717) is 24.1 Å². The first-order valence-electron chi connectivity index (χ1n) is 13.5. The number of fused-ring (bicyclic) bond motifs is 3.